The van der Waals surface area contributed by atoms with E-state index in [0.29, 0.717) is 17.0 Å². The summed E-state index contributed by atoms with van der Waals surface area (Å²) in [6.07, 6.45) is 2.97. The lowest BCUT2D eigenvalue weighted by Crippen LogP contribution is -1.99. The minimum absolute atomic E-state index is 0.104. The van der Waals surface area contributed by atoms with Crippen molar-refractivity contribution in [1.82, 2.24) is 15.0 Å². The molecule has 4 rings (SSSR count). The van der Waals surface area contributed by atoms with E-state index in [2.05, 4.69) is 15.0 Å². The van der Waals surface area contributed by atoms with E-state index < -0.39 is 11.6 Å². The Bertz CT molecular complexity index is 1110. The van der Waals surface area contributed by atoms with Gasteiger partial charge in [-0.1, -0.05) is 0 Å². The van der Waals surface area contributed by atoms with Gasteiger partial charge in [0.05, 0.1) is 4.70 Å². The zero-order valence-electron chi connectivity index (χ0n) is 14.0. The Balaban J connectivity index is 1.78. The molecule has 4 aromatic rings. The Morgan fingerprint density at radius 2 is 1.73 bits per heavy atom. The Hall–Kier alpha value is -2.93. The van der Waals surface area contributed by atoms with Crippen LogP contribution in [0.1, 0.15) is 11.4 Å². The number of aryl methyl sites for hydroxylation is 2. The highest BCUT2D eigenvalue weighted by molar-refractivity contribution is 7.17. The first-order valence-corrected chi connectivity index (χ1v) is 8.70. The molecule has 0 bridgehead atoms. The van der Waals surface area contributed by atoms with E-state index in [1.54, 1.807) is 20.0 Å². The molecule has 0 N–H and O–H groups in total. The first kappa shape index (κ1) is 16.5. The molecule has 0 amide bonds. The summed E-state index contributed by atoms with van der Waals surface area (Å²) in [5.74, 6) is -1.26. The van der Waals surface area contributed by atoms with Crippen LogP contribution in [0.5, 0.6) is 11.6 Å². The predicted molar refractivity (Wildman–Crippen MR) is 96.6 cm³/mol. The zero-order valence-corrected chi connectivity index (χ0v) is 14.8. The van der Waals surface area contributed by atoms with Gasteiger partial charge in [-0.05, 0) is 42.8 Å². The van der Waals surface area contributed by atoms with Crippen molar-refractivity contribution >= 4 is 21.4 Å². The fourth-order valence-electron chi connectivity index (χ4n) is 2.83. The predicted octanol–water partition coefficient (Wildman–Crippen LogP) is 5.44. The van der Waals surface area contributed by atoms with Crippen LogP contribution in [0.4, 0.5) is 8.78 Å². The molecule has 0 unspecified atom stereocenters. The summed E-state index contributed by atoms with van der Waals surface area (Å²) >= 11 is 1.43. The standard InChI is InChI=1S/C19H13F2N3OS/c1-10-17(11(2)24-9-23-10)13-7-15(21)16(8-14(13)20)25-19-18-12(3-5-22-19)4-6-26-18/h3-9H,1-2H3. The van der Waals surface area contributed by atoms with Gasteiger partial charge in [0.1, 0.15) is 12.1 Å². The number of halogens is 2. The third kappa shape index (κ3) is 2.80. The molecule has 0 fully saturated rings. The first-order valence-electron chi connectivity index (χ1n) is 7.82. The Labute approximate surface area is 152 Å². The maximum absolute atomic E-state index is 14.7. The third-order valence-corrected chi connectivity index (χ3v) is 4.98. The Morgan fingerprint density at radius 3 is 2.50 bits per heavy atom. The van der Waals surface area contributed by atoms with E-state index in [1.807, 2.05) is 17.5 Å². The van der Waals surface area contributed by atoms with E-state index >= 15 is 0 Å². The van der Waals surface area contributed by atoms with Gasteiger partial charge in [0.25, 0.3) is 0 Å². The normalized spacial score (nSPS) is 11.1. The third-order valence-electron chi connectivity index (χ3n) is 4.06. The van der Waals surface area contributed by atoms with Gasteiger partial charge in [-0.2, -0.15) is 0 Å². The molecular weight excluding hydrogens is 356 g/mol. The van der Waals surface area contributed by atoms with Crippen LogP contribution < -0.4 is 4.74 Å². The molecule has 0 aliphatic rings. The Kier molecular flexibility index (Phi) is 4.08. The number of hydrogen-bond donors (Lipinski definition) is 0. The highest BCUT2D eigenvalue weighted by atomic mass is 32.1. The molecule has 0 spiro atoms. The Morgan fingerprint density at radius 1 is 0.962 bits per heavy atom. The molecule has 0 aliphatic carbocycles. The average molecular weight is 369 g/mol. The van der Waals surface area contributed by atoms with Crippen molar-refractivity contribution < 1.29 is 13.5 Å². The summed E-state index contributed by atoms with van der Waals surface area (Å²) in [7, 11) is 0. The molecule has 4 nitrogen and oxygen atoms in total. The van der Waals surface area contributed by atoms with Crippen molar-refractivity contribution in [3.63, 3.8) is 0 Å². The number of benzene rings is 1. The summed E-state index contributed by atoms with van der Waals surface area (Å²) in [5.41, 5.74) is 1.74. The van der Waals surface area contributed by atoms with Gasteiger partial charge in [0.2, 0.25) is 5.88 Å². The van der Waals surface area contributed by atoms with Crippen molar-refractivity contribution in [1.29, 1.82) is 0 Å². The molecule has 0 radical (unpaired) electrons. The van der Waals surface area contributed by atoms with E-state index in [4.69, 9.17) is 4.74 Å². The summed E-state index contributed by atoms with van der Waals surface area (Å²) < 4.78 is 35.7. The highest BCUT2D eigenvalue weighted by Gasteiger charge is 2.18. The van der Waals surface area contributed by atoms with Gasteiger partial charge < -0.3 is 4.74 Å². The number of fused-ring (bicyclic) bond motifs is 1. The lowest BCUT2D eigenvalue weighted by atomic mass is 10.0. The van der Waals surface area contributed by atoms with Gasteiger partial charge in [0.15, 0.2) is 11.6 Å². The monoisotopic (exact) mass is 369 g/mol. The van der Waals surface area contributed by atoms with Crippen molar-refractivity contribution in [2.24, 2.45) is 0 Å². The summed E-state index contributed by atoms with van der Waals surface area (Å²) in [4.78, 5) is 12.3. The number of nitrogens with zero attached hydrogens (tertiary/aromatic N) is 3. The second kappa shape index (κ2) is 6.42. The molecular formula is C19H13F2N3OS. The molecule has 1 aromatic carbocycles. The summed E-state index contributed by atoms with van der Waals surface area (Å²) in [6.45, 7) is 3.46. The van der Waals surface area contributed by atoms with Crippen LogP contribution in [0.3, 0.4) is 0 Å². The van der Waals surface area contributed by atoms with Gasteiger partial charge in [-0.3, -0.25) is 0 Å². The van der Waals surface area contributed by atoms with E-state index in [9.17, 15) is 8.78 Å². The fraction of sp³-hybridized carbons (Fsp3) is 0.105. The van der Waals surface area contributed by atoms with Crippen molar-refractivity contribution in [2.75, 3.05) is 0 Å². The number of ether oxygens (including phenoxy) is 1. The van der Waals surface area contributed by atoms with Gasteiger partial charge in [-0.25, -0.2) is 23.7 Å². The van der Waals surface area contributed by atoms with Gasteiger partial charge in [0, 0.05) is 34.8 Å². The van der Waals surface area contributed by atoms with Crippen LogP contribution >= 0.6 is 11.3 Å². The minimum atomic E-state index is -0.681. The highest BCUT2D eigenvalue weighted by Crippen LogP contribution is 2.36. The van der Waals surface area contributed by atoms with Crippen LogP contribution in [-0.4, -0.2) is 15.0 Å². The second-order valence-electron chi connectivity index (χ2n) is 5.74. The summed E-state index contributed by atoms with van der Waals surface area (Å²) in [5, 5.41) is 2.82. The first-order chi connectivity index (χ1) is 12.5. The van der Waals surface area contributed by atoms with Crippen LogP contribution in [0.15, 0.2) is 42.2 Å². The summed E-state index contributed by atoms with van der Waals surface area (Å²) in [6, 6.07) is 5.89. The molecule has 0 aliphatic heterocycles. The second-order valence-corrected chi connectivity index (χ2v) is 6.66. The van der Waals surface area contributed by atoms with Gasteiger partial charge in [-0.15, -0.1) is 11.3 Å². The molecule has 0 saturated heterocycles. The van der Waals surface area contributed by atoms with Crippen molar-refractivity contribution in [2.45, 2.75) is 13.8 Å². The largest absolute Gasteiger partial charge is 0.434 e. The van der Waals surface area contributed by atoms with E-state index in [0.717, 1.165) is 22.2 Å². The average Bonchev–Trinajstić information content (AvgIpc) is 3.08. The fourth-order valence-corrected chi connectivity index (χ4v) is 3.64. The number of thiophene rings is 1. The number of rotatable bonds is 3. The smallest absolute Gasteiger partial charge is 0.237 e. The lowest BCUT2D eigenvalue weighted by Gasteiger charge is -2.12. The topological polar surface area (TPSA) is 47.9 Å². The number of aromatic nitrogens is 3. The zero-order chi connectivity index (χ0) is 18.3. The van der Waals surface area contributed by atoms with E-state index in [1.165, 1.54) is 17.7 Å². The molecule has 3 aromatic heterocycles. The molecule has 130 valence electrons. The van der Waals surface area contributed by atoms with Crippen LogP contribution in [0, 0.1) is 25.5 Å². The maximum atomic E-state index is 14.7. The van der Waals surface area contributed by atoms with Crippen molar-refractivity contribution in [3.8, 4) is 22.8 Å². The van der Waals surface area contributed by atoms with Gasteiger partial charge >= 0.3 is 0 Å². The van der Waals surface area contributed by atoms with Crippen LogP contribution in [0.2, 0.25) is 0 Å². The number of hydrogen-bond acceptors (Lipinski definition) is 5. The lowest BCUT2D eigenvalue weighted by molar-refractivity contribution is 0.428. The van der Waals surface area contributed by atoms with E-state index in [-0.39, 0.29) is 17.2 Å². The molecule has 7 heteroatoms. The molecule has 0 saturated carbocycles. The minimum Gasteiger partial charge on any atom is -0.434 e. The van der Waals surface area contributed by atoms with Crippen LogP contribution in [-0.2, 0) is 0 Å². The number of pyridine rings is 1. The molecule has 3 heterocycles. The van der Waals surface area contributed by atoms with Crippen molar-refractivity contribution in [3.05, 3.63) is 65.2 Å². The molecule has 26 heavy (non-hydrogen) atoms. The maximum Gasteiger partial charge on any atom is 0.237 e. The SMILES string of the molecule is Cc1ncnc(C)c1-c1cc(F)c(Oc2nccc3ccsc23)cc1F. The molecule has 0 atom stereocenters. The quantitative estimate of drug-likeness (QED) is 0.482. The van der Waals surface area contributed by atoms with Crippen LogP contribution in [0.25, 0.3) is 21.2 Å².